The highest BCUT2D eigenvalue weighted by atomic mass is 32.2. The summed E-state index contributed by atoms with van der Waals surface area (Å²) in [5.74, 6) is 1.45. The molecule has 2 heterocycles. The molecule has 2 aromatic heterocycles. The molecule has 0 amide bonds. The second-order valence-electron chi connectivity index (χ2n) is 5.05. The molecule has 3 aromatic rings. The Hall–Kier alpha value is -2.67. The standard InChI is InChI=1S/C16H15N3O3S/c1-11-10-16(18-12(2)17-11)19-23(20,21)14-7-5-13(6-8-14)15-4-3-9-22-15/h3-10H,1-2H3,(H,17,18,19). The molecular weight excluding hydrogens is 314 g/mol. The number of hydrogen-bond donors (Lipinski definition) is 1. The first-order chi connectivity index (χ1) is 10.9. The minimum absolute atomic E-state index is 0.154. The van der Waals surface area contributed by atoms with E-state index in [1.54, 1.807) is 44.4 Å². The van der Waals surface area contributed by atoms with Crippen molar-refractivity contribution < 1.29 is 12.8 Å². The van der Waals surface area contributed by atoms with E-state index in [1.807, 2.05) is 6.07 Å². The van der Waals surface area contributed by atoms with Crippen molar-refractivity contribution >= 4 is 15.8 Å². The van der Waals surface area contributed by atoms with Crippen LogP contribution in [0, 0.1) is 13.8 Å². The average Bonchev–Trinajstić information content (AvgIpc) is 3.00. The second kappa shape index (κ2) is 5.85. The van der Waals surface area contributed by atoms with Crippen LogP contribution in [0.25, 0.3) is 11.3 Å². The van der Waals surface area contributed by atoms with Crippen LogP contribution in [0.15, 0.2) is 58.0 Å². The maximum absolute atomic E-state index is 12.4. The first-order valence-electron chi connectivity index (χ1n) is 6.93. The molecule has 0 radical (unpaired) electrons. The number of nitrogens with one attached hydrogen (secondary N) is 1. The smallest absolute Gasteiger partial charge is 0.263 e. The van der Waals surface area contributed by atoms with Gasteiger partial charge in [0.15, 0.2) is 0 Å². The highest BCUT2D eigenvalue weighted by Gasteiger charge is 2.15. The minimum Gasteiger partial charge on any atom is -0.464 e. The molecule has 23 heavy (non-hydrogen) atoms. The predicted octanol–water partition coefficient (Wildman–Crippen LogP) is 3.15. The number of hydrogen-bond acceptors (Lipinski definition) is 5. The Morgan fingerprint density at radius 2 is 1.78 bits per heavy atom. The van der Waals surface area contributed by atoms with E-state index in [0.29, 0.717) is 17.3 Å². The normalized spacial score (nSPS) is 11.4. The number of furan rings is 1. The van der Waals surface area contributed by atoms with Crippen molar-refractivity contribution in [2.45, 2.75) is 18.7 Å². The Balaban J connectivity index is 1.87. The molecule has 7 heteroatoms. The van der Waals surface area contributed by atoms with Gasteiger partial charge in [-0.3, -0.25) is 4.72 Å². The quantitative estimate of drug-likeness (QED) is 0.794. The van der Waals surface area contributed by atoms with Gasteiger partial charge in [-0.25, -0.2) is 18.4 Å². The maximum Gasteiger partial charge on any atom is 0.263 e. The number of anilines is 1. The zero-order valence-electron chi connectivity index (χ0n) is 12.6. The molecule has 0 aliphatic heterocycles. The molecule has 0 saturated carbocycles. The highest BCUT2D eigenvalue weighted by molar-refractivity contribution is 7.92. The van der Waals surface area contributed by atoms with Gasteiger partial charge >= 0.3 is 0 Å². The van der Waals surface area contributed by atoms with Gasteiger partial charge in [-0.05, 0) is 50.2 Å². The average molecular weight is 329 g/mol. The summed E-state index contributed by atoms with van der Waals surface area (Å²) in [6, 6.07) is 11.6. The molecule has 6 nitrogen and oxygen atoms in total. The van der Waals surface area contributed by atoms with Crippen LogP contribution < -0.4 is 4.72 Å². The Morgan fingerprint density at radius 1 is 1.04 bits per heavy atom. The van der Waals surface area contributed by atoms with Gasteiger partial charge in [0.2, 0.25) is 0 Å². The van der Waals surface area contributed by atoms with E-state index in [0.717, 1.165) is 5.56 Å². The zero-order chi connectivity index (χ0) is 16.4. The summed E-state index contributed by atoms with van der Waals surface area (Å²) in [6.07, 6.45) is 1.57. The first kappa shape index (κ1) is 15.2. The molecule has 0 bridgehead atoms. The maximum atomic E-state index is 12.4. The summed E-state index contributed by atoms with van der Waals surface area (Å²) < 4.78 is 32.6. The molecule has 0 fully saturated rings. The molecule has 118 valence electrons. The molecule has 1 N–H and O–H groups in total. The monoisotopic (exact) mass is 329 g/mol. The van der Waals surface area contributed by atoms with Crippen LogP contribution in [0.5, 0.6) is 0 Å². The fraction of sp³-hybridized carbons (Fsp3) is 0.125. The number of sulfonamides is 1. The van der Waals surface area contributed by atoms with Crippen molar-refractivity contribution in [1.82, 2.24) is 9.97 Å². The molecule has 0 atom stereocenters. The van der Waals surface area contributed by atoms with Crippen molar-refractivity contribution in [3.63, 3.8) is 0 Å². The number of aromatic nitrogens is 2. The summed E-state index contributed by atoms with van der Waals surface area (Å²) in [5.41, 5.74) is 1.51. The molecule has 1 aromatic carbocycles. The summed E-state index contributed by atoms with van der Waals surface area (Å²) in [5, 5.41) is 0. The lowest BCUT2D eigenvalue weighted by Gasteiger charge is -2.09. The molecule has 0 saturated heterocycles. The summed E-state index contributed by atoms with van der Waals surface area (Å²) in [4.78, 5) is 8.36. The number of aryl methyl sites for hydroxylation is 2. The van der Waals surface area contributed by atoms with E-state index in [4.69, 9.17) is 4.42 Å². The lowest BCUT2D eigenvalue weighted by atomic mass is 10.2. The van der Waals surface area contributed by atoms with E-state index >= 15 is 0 Å². The zero-order valence-corrected chi connectivity index (χ0v) is 13.5. The van der Waals surface area contributed by atoms with E-state index in [2.05, 4.69) is 14.7 Å². The Kier molecular flexibility index (Phi) is 3.87. The fourth-order valence-electron chi connectivity index (χ4n) is 2.21. The Bertz CT molecular complexity index is 897. The van der Waals surface area contributed by atoms with Crippen LogP contribution in [-0.2, 0) is 10.0 Å². The van der Waals surface area contributed by atoms with Gasteiger partial charge < -0.3 is 4.42 Å². The molecule has 0 aliphatic rings. The molecule has 0 spiro atoms. The van der Waals surface area contributed by atoms with Crippen LogP contribution in [0.4, 0.5) is 5.82 Å². The van der Waals surface area contributed by atoms with Crippen molar-refractivity contribution in [1.29, 1.82) is 0 Å². The van der Waals surface area contributed by atoms with E-state index in [9.17, 15) is 8.42 Å². The number of rotatable bonds is 4. The van der Waals surface area contributed by atoms with Crippen LogP contribution in [-0.4, -0.2) is 18.4 Å². The largest absolute Gasteiger partial charge is 0.464 e. The highest BCUT2D eigenvalue weighted by Crippen LogP contribution is 2.22. The van der Waals surface area contributed by atoms with Gasteiger partial charge in [0, 0.05) is 17.3 Å². The molecule has 0 unspecified atom stereocenters. The van der Waals surface area contributed by atoms with Crippen LogP contribution >= 0.6 is 0 Å². The third-order valence-electron chi connectivity index (χ3n) is 3.18. The van der Waals surface area contributed by atoms with E-state index < -0.39 is 10.0 Å². The predicted molar refractivity (Wildman–Crippen MR) is 86.5 cm³/mol. The van der Waals surface area contributed by atoms with Gasteiger partial charge in [-0.15, -0.1) is 0 Å². The topological polar surface area (TPSA) is 85.1 Å². The SMILES string of the molecule is Cc1cc(NS(=O)(=O)c2ccc(-c3ccco3)cc2)nc(C)n1. The molecule has 0 aliphatic carbocycles. The summed E-state index contributed by atoms with van der Waals surface area (Å²) >= 11 is 0. The summed E-state index contributed by atoms with van der Waals surface area (Å²) in [7, 11) is -3.70. The number of benzene rings is 1. The van der Waals surface area contributed by atoms with E-state index in [-0.39, 0.29) is 10.7 Å². The van der Waals surface area contributed by atoms with Gasteiger partial charge in [-0.1, -0.05) is 0 Å². The van der Waals surface area contributed by atoms with Gasteiger partial charge in [-0.2, -0.15) is 0 Å². The van der Waals surface area contributed by atoms with Crippen molar-refractivity contribution in [2.24, 2.45) is 0 Å². The molecular formula is C16H15N3O3S. The summed E-state index contributed by atoms with van der Waals surface area (Å²) in [6.45, 7) is 3.49. The van der Waals surface area contributed by atoms with Gasteiger partial charge in [0.25, 0.3) is 10.0 Å². The second-order valence-corrected chi connectivity index (χ2v) is 6.73. The van der Waals surface area contributed by atoms with Crippen molar-refractivity contribution in [3.05, 3.63) is 60.2 Å². The van der Waals surface area contributed by atoms with Crippen LogP contribution in [0.3, 0.4) is 0 Å². The lowest BCUT2D eigenvalue weighted by Crippen LogP contribution is -2.14. The fourth-order valence-corrected chi connectivity index (χ4v) is 3.20. The van der Waals surface area contributed by atoms with Crippen molar-refractivity contribution in [2.75, 3.05) is 4.72 Å². The minimum atomic E-state index is -3.70. The number of nitrogens with zero attached hydrogens (tertiary/aromatic N) is 2. The third-order valence-corrected chi connectivity index (χ3v) is 4.55. The van der Waals surface area contributed by atoms with Gasteiger partial charge in [0.05, 0.1) is 11.2 Å². The third kappa shape index (κ3) is 3.40. The first-order valence-corrected chi connectivity index (χ1v) is 8.41. The van der Waals surface area contributed by atoms with Crippen LogP contribution in [0.1, 0.15) is 11.5 Å². The van der Waals surface area contributed by atoms with Crippen LogP contribution in [0.2, 0.25) is 0 Å². The Morgan fingerprint density at radius 3 is 2.39 bits per heavy atom. The van der Waals surface area contributed by atoms with E-state index in [1.165, 1.54) is 12.1 Å². The van der Waals surface area contributed by atoms with Gasteiger partial charge in [0.1, 0.15) is 17.4 Å². The molecule has 3 rings (SSSR count). The van der Waals surface area contributed by atoms with Crippen molar-refractivity contribution in [3.8, 4) is 11.3 Å². The Labute approximate surface area is 134 Å². The lowest BCUT2D eigenvalue weighted by molar-refractivity contribution is 0.582.